The second-order valence-corrected chi connectivity index (χ2v) is 5.90. The summed E-state index contributed by atoms with van der Waals surface area (Å²) in [4.78, 5) is 4.39. The molecule has 0 spiro atoms. The Morgan fingerprint density at radius 3 is 2.53 bits per heavy atom. The van der Waals surface area contributed by atoms with Gasteiger partial charge in [-0.3, -0.25) is 4.98 Å². The van der Waals surface area contributed by atoms with Crippen LogP contribution in [-0.2, 0) is 6.42 Å². The second kappa shape index (κ2) is 5.56. The van der Waals surface area contributed by atoms with E-state index in [1.54, 1.807) is 0 Å². The van der Waals surface area contributed by atoms with Crippen molar-refractivity contribution in [2.45, 2.75) is 32.6 Å². The van der Waals surface area contributed by atoms with Crippen LogP contribution in [0, 0.1) is 11.8 Å². The minimum atomic E-state index is 0.899. The van der Waals surface area contributed by atoms with Crippen LogP contribution in [0.5, 0.6) is 0 Å². The zero-order chi connectivity index (χ0) is 13.1. The first-order valence-electron chi connectivity index (χ1n) is 7.31. The standard InChI is InChI=1S/C18H21N/c1-14-5-6-16(12-14)13-15-7-9-17(10-8-15)18-4-2-3-11-19-18/h2-4,7-11,14,16H,5-6,12-13H2,1H3. The van der Waals surface area contributed by atoms with E-state index in [1.807, 2.05) is 18.3 Å². The summed E-state index contributed by atoms with van der Waals surface area (Å²) in [5.41, 5.74) is 3.74. The van der Waals surface area contributed by atoms with E-state index in [9.17, 15) is 0 Å². The summed E-state index contributed by atoms with van der Waals surface area (Å²) in [5, 5.41) is 0. The van der Waals surface area contributed by atoms with E-state index in [-0.39, 0.29) is 0 Å². The van der Waals surface area contributed by atoms with Gasteiger partial charge in [0.1, 0.15) is 0 Å². The molecule has 1 aliphatic rings. The third-order valence-electron chi connectivity index (χ3n) is 4.24. The van der Waals surface area contributed by atoms with Crippen molar-refractivity contribution in [1.82, 2.24) is 4.98 Å². The van der Waals surface area contributed by atoms with Crippen LogP contribution in [0.15, 0.2) is 48.7 Å². The Hall–Kier alpha value is -1.63. The molecule has 1 nitrogen and oxygen atoms in total. The summed E-state index contributed by atoms with van der Waals surface area (Å²) in [7, 11) is 0. The lowest BCUT2D eigenvalue weighted by Crippen LogP contribution is -1.99. The highest BCUT2D eigenvalue weighted by molar-refractivity contribution is 5.58. The number of rotatable bonds is 3. The van der Waals surface area contributed by atoms with Crippen LogP contribution >= 0.6 is 0 Å². The Morgan fingerprint density at radius 1 is 1.05 bits per heavy atom. The van der Waals surface area contributed by atoms with Crippen molar-refractivity contribution in [3.63, 3.8) is 0 Å². The van der Waals surface area contributed by atoms with Crippen LogP contribution < -0.4 is 0 Å². The van der Waals surface area contributed by atoms with E-state index in [1.165, 1.54) is 36.8 Å². The Balaban J connectivity index is 1.69. The van der Waals surface area contributed by atoms with Gasteiger partial charge in [0.15, 0.2) is 0 Å². The van der Waals surface area contributed by atoms with E-state index >= 15 is 0 Å². The Labute approximate surface area is 115 Å². The zero-order valence-electron chi connectivity index (χ0n) is 11.5. The molecule has 0 saturated heterocycles. The molecule has 2 unspecified atom stereocenters. The number of hydrogen-bond acceptors (Lipinski definition) is 1. The molecule has 0 radical (unpaired) electrons. The third kappa shape index (κ3) is 3.04. The molecule has 1 aromatic carbocycles. The molecule has 0 amide bonds. The molecule has 0 aliphatic heterocycles. The third-order valence-corrected chi connectivity index (χ3v) is 4.24. The van der Waals surface area contributed by atoms with Crippen molar-refractivity contribution in [3.8, 4) is 11.3 Å². The summed E-state index contributed by atoms with van der Waals surface area (Å²) >= 11 is 0. The highest BCUT2D eigenvalue weighted by Gasteiger charge is 2.21. The van der Waals surface area contributed by atoms with E-state index in [0.717, 1.165) is 17.5 Å². The van der Waals surface area contributed by atoms with Gasteiger partial charge in [0.2, 0.25) is 0 Å². The van der Waals surface area contributed by atoms with Crippen LogP contribution in [0.1, 0.15) is 31.7 Å². The van der Waals surface area contributed by atoms with Crippen LogP contribution in [0.25, 0.3) is 11.3 Å². The van der Waals surface area contributed by atoms with E-state index in [0.29, 0.717) is 0 Å². The van der Waals surface area contributed by atoms with Crippen LogP contribution in [0.2, 0.25) is 0 Å². The Bertz CT molecular complexity index is 515. The van der Waals surface area contributed by atoms with Crippen LogP contribution in [0.3, 0.4) is 0 Å². The lowest BCUT2D eigenvalue weighted by molar-refractivity contribution is 0.513. The number of aromatic nitrogens is 1. The largest absolute Gasteiger partial charge is 0.256 e. The maximum Gasteiger partial charge on any atom is 0.0701 e. The van der Waals surface area contributed by atoms with Crippen molar-refractivity contribution >= 4 is 0 Å². The van der Waals surface area contributed by atoms with Crippen molar-refractivity contribution < 1.29 is 0 Å². The van der Waals surface area contributed by atoms with E-state index in [4.69, 9.17) is 0 Å². The van der Waals surface area contributed by atoms with Gasteiger partial charge < -0.3 is 0 Å². The van der Waals surface area contributed by atoms with Gasteiger partial charge in [-0.25, -0.2) is 0 Å². The number of benzene rings is 1. The Kier molecular flexibility index (Phi) is 3.63. The average Bonchev–Trinajstić information content (AvgIpc) is 2.86. The van der Waals surface area contributed by atoms with Gasteiger partial charge in [0, 0.05) is 11.8 Å². The van der Waals surface area contributed by atoms with Gasteiger partial charge in [0.25, 0.3) is 0 Å². The fourth-order valence-corrected chi connectivity index (χ4v) is 3.19. The Morgan fingerprint density at radius 2 is 1.89 bits per heavy atom. The molecule has 1 aromatic heterocycles. The summed E-state index contributed by atoms with van der Waals surface area (Å²) in [6.07, 6.45) is 7.32. The van der Waals surface area contributed by atoms with Crippen molar-refractivity contribution in [2.75, 3.05) is 0 Å². The molecule has 1 fully saturated rings. The molecular formula is C18H21N. The monoisotopic (exact) mass is 251 g/mol. The molecular weight excluding hydrogens is 230 g/mol. The quantitative estimate of drug-likeness (QED) is 0.768. The molecule has 1 saturated carbocycles. The van der Waals surface area contributed by atoms with Crippen molar-refractivity contribution in [3.05, 3.63) is 54.2 Å². The SMILES string of the molecule is CC1CCC(Cc2ccc(-c3ccccn3)cc2)C1. The summed E-state index contributed by atoms with van der Waals surface area (Å²) < 4.78 is 0. The summed E-state index contributed by atoms with van der Waals surface area (Å²) in [6.45, 7) is 2.38. The first kappa shape index (κ1) is 12.4. The molecule has 19 heavy (non-hydrogen) atoms. The number of nitrogens with zero attached hydrogens (tertiary/aromatic N) is 1. The highest BCUT2D eigenvalue weighted by atomic mass is 14.7. The maximum absolute atomic E-state index is 4.39. The zero-order valence-corrected chi connectivity index (χ0v) is 11.5. The first-order valence-corrected chi connectivity index (χ1v) is 7.31. The summed E-state index contributed by atoms with van der Waals surface area (Å²) in [6, 6.07) is 15.0. The second-order valence-electron chi connectivity index (χ2n) is 5.90. The summed E-state index contributed by atoms with van der Waals surface area (Å²) in [5.74, 6) is 1.83. The molecule has 98 valence electrons. The predicted molar refractivity (Wildman–Crippen MR) is 79.9 cm³/mol. The number of hydrogen-bond donors (Lipinski definition) is 0. The number of pyridine rings is 1. The molecule has 1 aliphatic carbocycles. The lowest BCUT2D eigenvalue weighted by Gasteiger charge is -2.10. The van der Waals surface area contributed by atoms with E-state index < -0.39 is 0 Å². The molecule has 3 rings (SSSR count). The first-order chi connectivity index (χ1) is 9.31. The fraction of sp³-hybridized carbons (Fsp3) is 0.389. The van der Waals surface area contributed by atoms with Gasteiger partial charge in [-0.15, -0.1) is 0 Å². The lowest BCUT2D eigenvalue weighted by atomic mass is 9.96. The average molecular weight is 251 g/mol. The highest BCUT2D eigenvalue weighted by Crippen LogP contribution is 2.32. The molecule has 1 heterocycles. The van der Waals surface area contributed by atoms with Gasteiger partial charge in [0.05, 0.1) is 5.69 Å². The van der Waals surface area contributed by atoms with Gasteiger partial charge >= 0.3 is 0 Å². The molecule has 1 heteroatoms. The van der Waals surface area contributed by atoms with E-state index in [2.05, 4.69) is 42.2 Å². The van der Waals surface area contributed by atoms with Gasteiger partial charge in [-0.2, -0.15) is 0 Å². The molecule has 0 bridgehead atoms. The minimum Gasteiger partial charge on any atom is -0.256 e. The van der Waals surface area contributed by atoms with Crippen molar-refractivity contribution in [1.29, 1.82) is 0 Å². The van der Waals surface area contributed by atoms with Gasteiger partial charge in [-0.1, -0.05) is 43.7 Å². The molecule has 0 N–H and O–H groups in total. The van der Waals surface area contributed by atoms with Crippen molar-refractivity contribution in [2.24, 2.45) is 11.8 Å². The van der Waals surface area contributed by atoms with Crippen LogP contribution in [-0.4, -0.2) is 4.98 Å². The smallest absolute Gasteiger partial charge is 0.0701 e. The normalized spacial score (nSPS) is 22.6. The maximum atomic E-state index is 4.39. The van der Waals surface area contributed by atoms with Gasteiger partial charge in [-0.05, 0) is 48.8 Å². The topological polar surface area (TPSA) is 12.9 Å². The van der Waals surface area contributed by atoms with Crippen LogP contribution in [0.4, 0.5) is 0 Å². The predicted octanol–water partition coefficient (Wildman–Crippen LogP) is 4.73. The molecule has 2 atom stereocenters. The fourth-order valence-electron chi connectivity index (χ4n) is 3.19. The minimum absolute atomic E-state index is 0.899. The molecule has 2 aromatic rings.